The Morgan fingerprint density at radius 1 is 1.43 bits per heavy atom. The summed E-state index contributed by atoms with van der Waals surface area (Å²) in [7, 11) is 1.68. The van der Waals surface area contributed by atoms with Gasteiger partial charge in [-0.25, -0.2) is 4.98 Å². The molecule has 0 aliphatic heterocycles. The number of aromatic nitrogens is 1. The minimum atomic E-state index is -0.171. The van der Waals surface area contributed by atoms with Crippen LogP contribution in [0.15, 0.2) is 30.3 Å². The number of anilines is 1. The highest BCUT2D eigenvalue weighted by atomic mass is 16.2. The third-order valence-electron chi connectivity index (χ3n) is 3.21. The summed E-state index contributed by atoms with van der Waals surface area (Å²) in [5.74, 6) is -0.171. The lowest BCUT2D eigenvalue weighted by Crippen LogP contribution is -2.28. The van der Waals surface area contributed by atoms with Crippen LogP contribution in [-0.4, -0.2) is 35.9 Å². The molecule has 0 saturated carbocycles. The normalized spacial score (nSPS) is 10.1. The van der Waals surface area contributed by atoms with Gasteiger partial charge in [0.25, 0.3) is 5.91 Å². The van der Waals surface area contributed by atoms with E-state index >= 15 is 0 Å². The maximum absolute atomic E-state index is 12.4. The largest absolute Gasteiger partial charge is 0.385 e. The molecule has 2 rings (SSSR count). The number of carbonyl (C=O) groups excluding carboxylic acids is 1. The first-order valence-electron chi connectivity index (χ1n) is 6.93. The number of benzene rings is 1. The Morgan fingerprint density at radius 2 is 2.19 bits per heavy atom. The van der Waals surface area contributed by atoms with E-state index < -0.39 is 0 Å². The molecule has 1 amide bonds. The van der Waals surface area contributed by atoms with E-state index in [-0.39, 0.29) is 5.91 Å². The summed E-state index contributed by atoms with van der Waals surface area (Å²) in [6, 6.07) is 11.5. The molecule has 2 aromatic rings. The molecular weight excluding hydrogens is 264 g/mol. The van der Waals surface area contributed by atoms with E-state index in [4.69, 9.17) is 5.26 Å². The SMILES string of the molecule is CCNc1cc(C(=O)N(C)CCC#N)nc2ccccc12. The summed E-state index contributed by atoms with van der Waals surface area (Å²) >= 11 is 0. The van der Waals surface area contributed by atoms with Gasteiger partial charge in [-0.1, -0.05) is 18.2 Å². The second-order valence-corrected chi connectivity index (χ2v) is 4.74. The number of hydrogen-bond donors (Lipinski definition) is 1. The first-order valence-corrected chi connectivity index (χ1v) is 6.93. The third kappa shape index (κ3) is 3.29. The highest BCUT2D eigenvalue weighted by Gasteiger charge is 2.15. The third-order valence-corrected chi connectivity index (χ3v) is 3.21. The van der Waals surface area contributed by atoms with Crippen LogP contribution >= 0.6 is 0 Å². The van der Waals surface area contributed by atoms with Crippen LogP contribution in [0.25, 0.3) is 10.9 Å². The van der Waals surface area contributed by atoms with Gasteiger partial charge in [0.2, 0.25) is 0 Å². The van der Waals surface area contributed by atoms with Crippen molar-refractivity contribution < 1.29 is 4.79 Å². The van der Waals surface area contributed by atoms with Crippen LogP contribution in [0.4, 0.5) is 5.69 Å². The second-order valence-electron chi connectivity index (χ2n) is 4.74. The Morgan fingerprint density at radius 3 is 2.90 bits per heavy atom. The molecule has 1 aromatic heterocycles. The van der Waals surface area contributed by atoms with Gasteiger partial charge in [0, 0.05) is 31.2 Å². The fraction of sp³-hybridized carbons (Fsp3) is 0.312. The van der Waals surface area contributed by atoms with Crippen molar-refractivity contribution in [1.82, 2.24) is 9.88 Å². The van der Waals surface area contributed by atoms with Crippen molar-refractivity contribution >= 4 is 22.5 Å². The van der Waals surface area contributed by atoms with E-state index in [9.17, 15) is 4.79 Å². The molecule has 5 heteroatoms. The van der Waals surface area contributed by atoms with E-state index in [2.05, 4.69) is 10.3 Å². The van der Waals surface area contributed by atoms with Crippen LogP contribution < -0.4 is 5.32 Å². The Labute approximate surface area is 124 Å². The number of pyridine rings is 1. The van der Waals surface area contributed by atoms with Gasteiger partial charge in [0.05, 0.1) is 18.0 Å². The lowest BCUT2D eigenvalue weighted by atomic mass is 10.1. The Balaban J connectivity index is 2.40. The van der Waals surface area contributed by atoms with Crippen molar-refractivity contribution in [1.29, 1.82) is 5.26 Å². The van der Waals surface area contributed by atoms with Crippen LogP contribution in [0.1, 0.15) is 23.8 Å². The van der Waals surface area contributed by atoms with Gasteiger partial charge in [-0.05, 0) is 19.1 Å². The molecule has 0 saturated heterocycles. The molecule has 0 bridgehead atoms. The molecule has 0 radical (unpaired) electrons. The Kier molecular flexibility index (Phi) is 4.72. The number of hydrogen-bond acceptors (Lipinski definition) is 4. The quantitative estimate of drug-likeness (QED) is 0.915. The van der Waals surface area contributed by atoms with Gasteiger partial charge < -0.3 is 10.2 Å². The number of nitriles is 1. The summed E-state index contributed by atoms with van der Waals surface area (Å²) < 4.78 is 0. The Bertz CT molecular complexity index is 690. The van der Waals surface area contributed by atoms with E-state index in [1.807, 2.05) is 37.3 Å². The zero-order chi connectivity index (χ0) is 15.2. The number of nitrogens with one attached hydrogen (secondary N) is 1. The number of fused-ring (bicyclic) bond motifs is 1. The van der Waals surface area contributed by atoms with Crippen LogP contribution in [0.3, 0.4) is 0 Å². The highest BCUT2D eigenvalue weighted by Crippen LogP contribution is 2.23. The molecule has 5 nitrogen and oxygen atoms in total. The molecule has 1 N–H and O–H groups in total. The maximum Gasteiger partial charge on any atom is 0.272 e. The fourth-order valence-corrected chi connectivity index (χ4v) is 2.14. The summed E-state index contributed by atoms with van der Waals surface area (Å²) in [5, 5.41) is 12.9. The van der Waals surface area contributed by atoms with Crippen molar-refractivity contribution in [3.63, 3.8) is 0 Å². The van der Waals surface area contributed by atoms with Crippen LogP contribution in [0.2, 0.25) is 0 Å². The van der Waals surface area contributed by atoms with E-state index in [0.717, 1.165) is 23.1 Å². The maximum atomic E-state index is 12.4. The van der Waals surface area contributed by atoms with Gasteiger partial charge in [-0.2, -0.15) is 5.26 Å². The molecule has 0 aliphatic carbocycles. The van der Waals surface area contributed by atoms with Crippen molar-refractivity contribution in [3.8, 4) is 6.07 Å². The first kappa shape index (κ1) is 14.8. The molecule has 21 heavy (non-hydrogen) atoms. The van der Waals surface area contributed by atoms with E-state index in [1.54, 1.807) is 13.1 Å². The van der Waals surface area contributed by atoms with Gasteiger partial charge in [0.15, 0.2) is 0 Å². The lowest BCUT2D eigenvalue weighted by molar-refractivity contribution is 0.0792. The van der Waals surface area contributed by atoms with Gasteiger partial charge in [0.1, 0.15) is 5.69 Å². The molecular formula is C16H18N4O. The Hall–Kier alpha value is -2.61. The summed E-state index contributed by atoms with van der Waals surface area (Å²) in [5.41, 5.74) is 2.08. The van der Waals surface area contributed by atoms with E-state index in [1.165, 1.54) is 4.90 Å². The minimum Gasteiger partial charge on any atom is -0.385 e. The van der Waals surface area contributed by atoms with Crippen LogP contribution in [0, 0.1) is 11.3 Å². The zero-order valence-corrected chi connectivity index (χ0v) is 12.3. The molecule has 0 unspecified atom stereocenters. The molecule has 0 spiro atoms. The number of carbonyl (C=O) groups is 1. The smallest absolute Gasteiger partial charge is 0.272 e. The van der Waals surface area contributed by atoms with E-state index in [0.29, 0.717) is 18.7 Å². The minimum absolute atomic E-state index is 0.171. The number of amides is 1. The summed E-state index contributed by atoms with van der Waals surface area (Å²) in [6.07, 6.45) is 0.315. The zero-order valence-electron chi connectivity index (χ0n) is 12.3. The number of rotatable bonds is 5. The fourth-order valence-electron chi connectivity index (χ4n) is 2.14. The molecule has 0 aliphatic rings. The van der Waals surface area contributed by atoms with Crippen molar-refractivity contribution in [3.05, 3.63) is 36.0 Å². The van der Waals surface area contributed by atoms with Gasteiger partial charge in [-0.15, -0.1) is 0 Å². The monoisotopic (exact) mass is 282 g/mol. The summed E-state index contributed by atoms with van der Waals surface area (Å²) in [4.78, 5) is 18.3. The average Bonchev–Trinajstić information content (AvgIpc) is 2.52. The van der Waals surface area contributed by atoms with Crippen molar-refractivity contribution in [2.75, 3.05) is 25.5 Å². The topological polar surface area (TPSA) is 69.0 Å². The average molecular weight is 282 g/mol. The van der Waals surface area contributed by atoms with Crippen molar-refractivity contribution in [2.45, 2.75) is 13.3 Å². The van der Waals surface area contributed by atoms with Crippen LogP contribution in [-0.2, 0) is 0 Å². The predicted molar refractivity (Wildman–Crippen MR) is 83.1 cm³/mol. The molecule has 0 atom stereocenters. The standard InChI is InChI=1S/C16H18N4O/c1-3-18-14-11-15(16(21)20(2)10-6-9-17)19-13-8-5-4-7-12(13)14/h4-5,7-8,11H,3,6,10H2,1-2H3,(H,18,19). The lowest BCUT2D eigenvalue weighted by Gasteiger charge is -2.16. The first-order chi connectivity index (χ1) is 10.2. The van der Waals surface area contributed by atoms with Gasteiger partial charge in [-0.3, -0.25) is 4.79 Å². The van der Waals surface area contributed by atoms with Crippen LogP contribution in [0.5, 0.6) is 0 Å². The number of para-hydroxylation sites is 1. The molecule has 0 fully saturated rings. The predicted octanol–water partition coefficient (Wildman–Crippen LogP) is 2.65. The molecule has 1 aromatic carbocycles. The molecule has 108 valence electrons. The van der Waals surface area contributed by atoms with Gasteiger partial charge >= 0.3 is 0 Å². The highest BCUT2D eigenvalue weighted by molar-refractivity contribution is 5.99. The summed E-state index contributed by atoms with van der Waals surface area (Å²) in [6.45, 7) is 3.18. The second kappa shape index (κ2) is 6.71. The number of nitrogens with zero attached hydrogens (tertiary/aromatic N) is 3. The van der Waals surface area contributed by atoms with Crippen molar-refractivity contribution in [2.24, 2.45) is 0 Å². The molecule has 1 heterocycles.